The number of nitrogens with one attached hydrogen (secondary N) is 3. The van der Waals surface area contributed by atoms with Crippen LogP contribution in [0.5, 0.6) is 0 Å². The van der Waals surface area contributed by atoms with Crippen LogP contribution in [-0.2, 0) is 6.42 Å². The Hall–Kier alpha value is -2.82. The van der Waals surface area contributed by atoms with Gasteiger partial charge in [-0.2, -0.15) is 0 Å². The van der Waals surface area contributed by atoms with Gasteiger partial charge in [-0.05, 0) is 43.0 Å². The van der Waals surface area contributed by atoms with Crippen LogP contribution in [0.4, 0.5) is 5.82 Å². The Morgan fingerprint density at radius 3 is 2.89 bits per heavy atom. The average molecular weight is 362 g/mol. The monoisotopic (exact) mass is 362 g/mol. The van der Waals surface area contributed by atoms with Crippen molar-refractivity contribution in [2.75, 3.05) is 11.9 Å². The minimum absolute atomic E-state index is 0.00368. The molecule has 27 heavy (non-hydrogen) atoms. The molecule has 5 heteroatoms. The lowest BCUT2D eigenvalue weighted by Gasteiger charge is -2.22. The summed E-state index contributed by atoms with van der Waals surface area (Å²) in [6, 6.07) is 12.3. The minimum Gasteiger partial charge on any atom is -0.370 e. The number of aromatic amines is 1. The van der Waals surface area contributed by atoms with Gasteiger partial charge in [-0.15, -0.1) is 0 Å². The van der Waals surface area contributed by atoms with Gasteiger partial charge in [0.05, 0.1) is 0 Å². The van der Waals surface area contributed by atoms with E-state index in [1.807, 2.05) is 12.1 Å². The van der Waals surface area contributed by atoms with Crippen molar-refractivity contribution in [2.45, 2.75) is 44.6 Å². The predicted molar refractivity (Wildman–Crippen MR) is 109 cm³/mol. The summed E-state index contributed by atoms with van der Waals surface area (Å²) in [5.74, 6) is 0.745. The van der Waals surface area contributed by atoms with Gasteiger partial charge in [0.1, 0.15) is 5.82 Å². The summed E-state index contributed by atoms with van der Waals surface area (Å²) in [6.07, 6.45) is 10.5. The van der Waals surface area contributed by atoms with Crippen molar-refractivity contribution < 1.29 is 4.79 Å². The first-order chi connectivity index (χ1) is 13.3. The molecular weight excluding hydrogens is 336 g/mol. The van der Waals surface area contributed by atoms with Gasteiger partial charge in [0.15, 0.2) is 0 Å². The van der Waals surface area contributed by atoms with Crippen LogP contribution in [0.2, 0.25) is 0 Å². The zero-order valence-electron chi connectivity index (χ0n) is 15.5. The number of hydrogen-bond donors (Lipinski definition) is 3. The molecular formula is C22H26N4O. The quantitative estimate of drug-likeness (QED) is 0.613. The Labute approximate surface area is 159 Å². The topological polar surface area (TPSA) is 69.8 Å². The van der Waals surface area contributed by atoms with Crippen LogP contribution in [-0.4, -0.2) is 28.5 Å². The molecule has 0 spiro atoms. The third-order valence-electron chi connectivity index (χ3n) is 5.34. The van der Waals surface area contributed by atoms with E-state index in [-0.39, 0.29) is 5.91 Å². The number of H-pyrrole nitrogens is 1. The van der Waals surface area contributed by atoms with E-state index in [1.54, 1.807) is 12.3 Å². The van der Waals surface area contributed by atoms with Crippen molar-refractivity contribution in [3.63, 3.8) is 0 Å². The molecule has 0 saturated heterocycles. The molecule has 3 N–H and O–H groups in total. The van der Waals surface area contributed by atoms with Gasteiger partial charge in [0, 0.05) is 41.4 Å². The molecule has 0 bridgehead atoms. The second kappa shape index (κ2) is 8.25. The molecule has 1 aliphatic carbocycles. The third-order valence-corrected chi connectivity index (χ3v) is 5.34. The Kier molecular flexibility index (Phi) is 5.37. The highest BCUT2D eigenvalue weighted by atomic mass is 16.1. The lowest BCUT2D eigenvalue weighted by molar-refractivity contribution is 0.0927. The molecule has 2 aromatic heterocycles. The van der Waals surface area contributed by atoms with Crippen molar-refractivity contribution in [1.29, 1.82) is 0 Å². The summed E-state index contributed by atoms with van der Waals surface area (Å²) in [7, 11) is 0. The van der Waals surface area contributed by atoms with E-state index in [0.717, 1.165) is 37.1 Å². The van der Waals surface area contributed by atoms with Crippen LogP contribution in [0.25, 0.3) is 10.9 Å². The minimum atomic E-state index is 0.00368. The number of amides is 1. The predicted octanol–water partition coefficient (Wildman–Crippen LogP) is 4.28. The summed E-state index contributed by atoms with van der Waals surface area (Å²) >= 11 is 0. The van der Waals surface area contributed by atoms with Crippen molar-refractivity contribution in [3.05, 3.63) is 59.9 Å². The summed E-state index contributed by atoms with van der Waals surface area (Å²) < 4.78 is 0. The van der Waals surface area contributed by atoms with E-state index in [9.17, 15) is 4.79 Å². The van der Waals surface area contributed by atoms with Crippen molar-refractivity contribution >= 4 is 22.6 Å². The van der Waals surface area contributed by atoms with Crippen molar-refractivity contribution in [3.8, 4) is 0 Å². The lowest BCUT2D eigenvalue weighted by atomic mass is 9.95. The molecule has 3 aromatic rings. The summed E-state index contributed by atoms with van der Waals surface area (Å²) in [5, 5.41) is 7.76. The Morgan fingerprint density at radius 1 is 1.15 bits per heavy atom. The number of pyridine rings is 1. The number of carbonyl (C=O) groups excluding carboxylic acids is 1. The van der Waals surface area contributed by atoms with Gasteiger partial charge in [0.2, 0.25) is 0 Å². The fourth-order valence-electron chi connectivity index (χ4n) is 3.85. The molecule has 0 unspecified atom stereocenters. The number of anilines is 1. The molecule has 1 aliphatic rings. The fraction of sp³-hybridized carbons (Fsp3) is 0.364. The molecule has 2 heterocycles. The van der Waals surface area contributed by atoms with Gasteiger partial charge >= 0.3 is 0 Å². The Balaban J connectivity index is 1.34. The molecule has 140 valence electrons. The maximum absolute atomic E-state index is 12.5. The number of para-hydroxylation sites is 1. The molecule has 5 nitrogen and oxygen atoms in total. The van der Waals surface area contributed by atoms with Crippen LogP contribution in [0.3, 0.4) is 0 Å². The Morgan fingerprint density at radius 2 is 2.00 bits per heavy atom. The standard InChI is InChI=1S/C22H26N4O/c27-22(26-18-6-2-1-3-7-18)16-10-12-23-21(14-16)24-13-11-17-15-25-20-9-5-4-8-19(17)20/h4-5,8-10,12,14-15,18,25H,1-3,6-7,11,13H2,(H,23,24)(H,26,27). The number of carbonyl (C=O) groups is 1. The molecule has 1 amide bonds. The highest BCUT2D eigenvalue weighted by Gasteiger charge is 2.16. The normalized spacial score (nSPS) is 15.0. The first-order valence-electron chi connectivity index (χ1n) is 9.85. The van der Waals surface area contributed by atoms with Crippen molar-refractivity contribution in [1.82, 2.24) is 15.3 Å². The number of benzene rings is 1. The molecule has 4 rings (SSSR count). The molecule has 1 aromatic carbocycles. The maximum atomic E-state index is 12.5. The molecule has 0 aliphatic heterocycles. The van der Waals surface area contributed by atoms with E-state index in [4.69, 9.17) is 0 Å². The first kappa shape index (κ1) is 17.6. The summed E-state index contributed by atoms with van der Waals surface area (Å²) in [5.41, 5.74) is 3.11. The highest BCUT2D eigenvalue weighted by molar-refractivity contribution is 5.95. The van der Waals surface area contributed by atoms with Gasteiger partial charge < -0.3 is 15.6 Å². The largest absolute Gasteiger partial charge is 0.370 e. The number of rotatable bonds is 6. The van der Waals surface area contributed by atoms with E-state index >= 15 is 0 Å². The van der Waals surface area contributed by atoms with Gasteiger partial charge in [-0.25, -0.2) is 4.98 Å². The number of aromatic nitrogens is 2. The molecule has 0 atom stereocenters. The molecule has 1 fully saturated rings. The SMILES string of the molecule is O=C(NC1CCCCC1)c1ccnc(NCCc2c[nH]c3ccccc23)c1. The first-order valence-corrected chi connectivity index (χ1v) is 9.85. The zero-order chi connectivity index (χ0) is 18.5. The van der Waals surface area contributed by atoms with E-state index in [1.165, 1.54) is 30.2 Å². The van der Waals surface area contributed by atoms with Crippen LogP contribution < -0.4 is 10.6 Å². The Bertz CT molecular complexity index is 911. The van der Waals surface area contributed by atoms with Gasteiger partial charge in [-0.3, -0.25) is 4.79 Å². The fourth-order valence-corrected chi connectivity index (χ4v) is 3.85. The molecule has 0 radical (unpaired) electrons. The molecule has 1 saturated carbocycles. The average Bonchev–Trinajstić information content (AvgIpc) is 3.12. The second-order valence-electron chi connectivity index (χ2n) is 7.27. The van der Waals surface area contributed by atoms with Crippen molar-refractivity contribution in [2.24, 2.45) is 0 Å². The van der Waals surface area contributed by atoms with Crippen LogP contribution in [0.1, 0.15) is 48.0 Å². The highest BCUT2D eigenvalue weighted by Crippen LogP contribution is 2.19. The lowest BCUT2D eigenvalue weighted by Crippen LogP contribution is -2.36. The van der Waals surface area contributed by atoms with Crippen LogP contribution in [0, 0.1) is 0 Å². The second-order valence-corrected chi connectivity index (χ2v) is 7.27. The van der Waals surface area contributed by atoms with Crippen LogP contribution >= 0.6 is 0 Å². The maximum Gasteiger partial charge on any atom is 0.251 e. The van der Waals surface area contributed by atoms with Gasteiger partial charge in [-0.1, -0.05) is 37.5 Å². The summed E-state index contributed by atoms with van der Waals surface area (Å²) in [4.78, 5) is 20.2. The van der Waals surface area contributed by atoms with Gasteiger partial charge in [0.25, 0.3) is 5.91 Å². The zero-order valence-corrected chi connectivity index (χ0v) is 15.5. The number of hydrogen-bond acceptors (Lipinski definition) is 3. The van der Waals surface area contributed by atoms with Crippen LogP contribution in [0.15, 0.2) is 48.8 Å². The number of fused-ring (bicyclic) bond motifs is 1. The number of nitrogens with zero attached hydrogens (tertiary/aromatic N) is 1. The third kappa shape index (κ3) is 4.30. The van der Waals surface area contributed by atoms with E-state index in [2.05, 4.69) is 45.0 Å². The van der Waals surface area contributed by atoms with E-state index < -0.39 is 0 Å². The summed E-state index contributed by atoms with van der Waals surface area (Å²) in [6.45, 7) is 0.766. The smallest absolute Gasteiger partial charge is 0.251 e. The van der Waals surface area contributed by atoms with E-state index in [0.29, 0.717) is 11.6 Å².